The fourth-order valence-electron chi connectivity index (χ4n) is 1.19. The summed E-state index contributed by atoms with van der Waals surface area (Å²) >= 11 is 0. The van der Waals surface area contributed by atoms with Gasteiger partial charge in [0.1, 0.15) is 0 Å². The Hall–Kier alpha value is -2.04. The van der Waals surface area contributed by atoms with Crippen LogP contribution in [0.1, 0.15) is 0 Å². The number of imide groups is 1. The molecular weight excluding hydrogens is 186 g/mol. The molecule has 2 rings (SSSR count). The van der Waals surface area contributed by atoms with Gasteiger partial charge in [-0.2, -0.15) is 0 Å². The molecule has 1 aromatic rings. The van der Waals surface area contributed by atoms with Gasteiger partial charge in [-0.3, -0.25) is 14.5 Å². The van der Waals surface area contributed by atoms with E-state index in [0.29, 0.717) is 30.0 Å². The van der Waals surface area contributed by atoms with Crippen molar-refractivity contribution in [2.75, 3.05) is 11.7 Å². The number of carbonyl (C=O) groups excluding carboxylic acids is 2. The highest BCUT2D eigenvalue weighted by molar-refractivity contribution is 5.95. The van der Waals surface area contributed by atoms with Gasteiger partial charge in [0.05, 0.1) is 5.69 Å². The normalized spacial score (nSPS) is 12.3. The van der Waals surface area contributed by atoms with Crippen molar-refractivity contribution < 1.29 is 19.1 Å². The fourth-order valence-corrected chi connectivity index (χ4v) is 1.19. The first-order chi connectivity index (χ1) is 6.85. The van der Waals surface area contributed by atoms with Crippen molar-refractivity contribution in [1.82, 2.24) is 0 Å². The molecule has 5 heteroatoms. The molecule has 0 saturated heterocycles. The highest BCUT2D eigenvalue weighted by atomic mass is 16.7. The van der Waals surface area contributed by atoms with E-state index in [1.165, 1.54) is 0 Å². The summed E-state index contributed by atoms with van der Waals surface area (Å²) in [5.41, 5.74) is 0.458. The molecule has 0 atom stereocenters. The van der Waals surface area contributed by atoms with Crippen LogP contribution < -0.4 is 14.4 Å². The lowest BCUT2D eigenvalue weighted by atomic mass is 10.2. The van der Waals surface area contributed by atoms with Crippen LogP contribution >= 0.6 is 0 Å². The van der Waals surface area contributed by atoms with Crippen LogP contribution in [-0.2, 0) is 9.59 Å². The lowest BCUT2D eigenvalue weighted by Crippen LogP contribution is -2.17. The number of hydrogen-bond acceptors (Lipinski definition) is 4. The summed E-state index contributed by atoms with van der Waals surface area (Å²) in [5.74, 6) is 1.15. The van der Waals surface area contributed by atoms with Gasteiger partial charge in [0, 0.05) is 6.07 Å². The van der Waals surface area contributed by atoms with Gasteiger partial charge in [-0.05, 0) is 12.1 Å². The molecule has 1 heterocycles. The first-order valence-corrected chi connectivity index (χ1v) is 3.94. The predicted octanol–water partition coefficient (Wildman–Crippen LogP) is 0.534. The van der Waals surface area contributed by atoms with Crippen LogP contribution in [0.2, 0.25) is 0 Å². The molecule has 0 N–H and O–H groups in total. The lowest BCUT2D eigenvalue weighted by molar-refractivity contribution is -0.113. The maximum Gasteiger partial charge on any atom is 0.231 e. The quantitative estimate of drug-likeness (QED) is 0.657. The monoisotopic (exact) mass is 193 g/mol. The minimum absolute atomic E-state index is 0.168. The Morgan fingerprint density at radius 2 is 1.86 bits per heavy atom. The molecule has 0 radical (unpaired) electrons. The van der Waals surface area contributed by atoms with Gasteiger partial charge in [-0.15, -0.1) is 0 Å². The van der Waals surface area contributed by atoms with Crippen molar-refractivity contribution in [3.05, 3.63) is 18.2 Å². The van der Waals surface area contributed by atoms with Gasteiger partial charge in [-0.1, -0.05) is 0 Å². The van der Waals surface area contributed by atoms with Crippen LogP contribution in [0.4, 0.5) is 5.69 Å². The van der Waals surface area contributed by atoms with Gasteiger partial charge in [0.2, 0.25) is 19.6 Å². The number of anilines is 1. The van der Waals surface area contributed by atoms with Crippen LogP contribution in [-0.4, -0.2) is 19.6 Å². The van der Waals surface area contributed by atoms with Crippen molar-refractivity contribution in [2.24, 2.45) is 0 Å². The lowest BCUT2D eigenvalue weighted by Gasteiger charge is -2.08. The second-order valence-electron chi connectivity index (χ2n) is 2.66. The second kappa shape index (κ2) is 3.37. The first kappa shape index (κ1) is 8.55. The molecule has 72 valence electrons. The molecule has 1 aromatic carbocycles. The van der Waals surface area contributed by atoms with E-state index in [2.05, 4.69) is 0 Å². The molecule has 0 aromatic heterocycles. The number of rotatable bonds is 3. The maximum absolute atomic E-state index is 10.5. The Balaban J connectivity index is 2.36. The number of fused-ring (bicyclic) bond motifs is 1. The molecule has 0 unspecified atom stereocenters. The highest BCUT2D eigenvalue weighted by Gasteiger charge is 2.15. The Morgan fingerprint density at radius 1 is 1.14 bits per heavy atom. The third kappa shape index (κ3) is 1.28. The zero-order valence-electron chi connectivity index (χ0n) is 7.17. The average molecular weight is 193 g/mol. The summed E-state index contributed by atoms with van der Waals surface area (Å²) in [6.07, 6.45) is 0.870. The van der Waals surface area contributed by atoms with Gasteiger partial charge >= 0.3 is 0 Å². The number of benzene rings is 1. The Kier molecular flexibility index (Phi) is 2.06. The zero-order chi connectivity index (χ0) is 9.97. The number of hydrogen-bond donors (Lipinski definition) is 0. The van der Waals surface area contributed by atoms with Crippen molar-refractivity contribution in [2.45, 2.75) is 0 Å². The highest BCUT2D eigenvalue weighted by Crippen LogP contribution is 2.34. The van der Waals surface area contributed by atoms with Crippen LogP contribution in [0.5, 0.6) is 11.5 Å². The standard InChI is InChI=1S/C9H7NO4/c11-4-10(5-12)7-1-2-8-9(3-7)14-6-13-8/h1-5H,6H2. The topological polar surface area (TPSA) is 55.8 Å². The molecule has 0 saturated carbocycles. The van der Waals surface area contributed by atoms with Gasteiger partial charge < -0.3 is 9.47 Å². The van der Waals surface area contributed by atoms with Crippen molar-refractivity contribution in [3.8, 4) is 11.5 Å². The molecule has 1 aliphatic heterocycles. The third-order valence-corrected chi connectivity index (χ3v) is 1.88. The van der Waals surface area contributed by atoms with Crippen LogP contribution in [0.25, 0.3) is 0 Å². The Labute approximate surface area is 79.8 Å². The maximum atomic E-state index is 10.5. The van der Waals surface area contributed by atoms with E-state index in [4.69, 9.17) is 9.47 Å². The molecule has 14 heavy (non-hydrogen) atoms. The van der Waals surface area contributed by atoms with Crippen molar-refractivity contribution in [3.63, 3.8) is 0 Å². The third-order valence-electron chi connectivity index (χ3n) is 1.88. The summed E-state index contributed by atoms with van der Waals surface area (Å²) in [4.78, 5) is 21.8. The molecule has 1 aliphatic rings. The fraction of sp³-hybridized carbons (Fsp3) is 0.111. The Bertz CT molecular complexity index is 369. The predicted molar refractivity (Wildman–Crippen MR) is 47.2 cm³/mol. The van der Waals surface area contributed by atoms with E-state index < -0.39 is 0 Å². The van der Waals surface area contributed by atoms with Crippen LogP contribution in [0.3, 0.4) is 0 Å². The van der Waals surface area contributed by atoms with Crippen molar-refractivity contribution >= 4 is 18.5 Å². The summed E-state index contributed by atoms with van der Waals surface area (Å²) in [6.45, 7) is 0.168. The molecule has 5 nitrogen and oxygen atoms in total. The molecule has 0 fully saturated rings. The zero-order valence-corrected chi connectivity index (χ0v) is 7.17. The van der Waals surface area contributed by atoms with Crippen molar-refractivity contribution in [1.29, 1.82) is 0 Å². The SMILES string of the molecule is O=CN(C=O)c1ccc2c(c1)OCO2. The number of amides is 2. The van der Waals surface area contributed by atoms with E-state index >= 15 is 0 Å². The number of ether oxygens (including phenoxy) is 2. The van der Waals surface area contributed by atoms with Gasteiger partial charge in [0.25, 0.3) is 0 Å². The van der Waals surface area contributed by atoms with Crippen LogP contribution in [0, 0.1) is 0 Å². The molecule has 2 amide bonds. The first-order valence-electron chi connectivity index (χ1n) is 3.94. The molecule has 0 spiro atoms. The van der Waals surface area contributed by atoms with E-state index in [0.717, 1.165) is 4.90 Å². The minimum Gasteiger partial charge on any atom is -0.454 e. The van der Waals surface area contributed by atoms with E-state index in [1.807, 2.05) is 0 Å². The molecule has 0 bridgehead atoms. The number of carbonyl (C=O) groups is 2. The number of nitrogens with zero attached hydrogens (tertiary/aromatic N) is 1. The minimum atomic E-state index is 0.168. The van der Waals surface area contributed by atoms with E-state index in [1.54, 1.807) is 18.2 Å². The summed E-state index contributed by atoms with van der Waals surface area (Å²) < 4.78 is 10.2. The van der Waals surface area contributed by atoms with E-state index in [-0.39, 0.29) is 6.79 Å². The van der Waals surface area contributed by atoms with Gasteiger partial charge in [0.15, 0.2) is 11.5 Å². The summed E-state index contributed by atoms with van der Waals surface area (Å²) in [5, 5.41) is 0. The average Bonchev–Trinajstić information content (AvgIpc) is 2.66. The second-order valence-corrected chi connectivity index (χ2v) is 2.66. The van der Waals surface area contributed by atoms with Gasteiger partial charge in [-0.25, -0.2) is 0 Å². The summed E-state index contributed by atoms with van der Waals surface area (Å²) in [7, 11) is 0. The van der Waals surface area contributed by atoms with Crippen LogP contribution in [0.15, 0.2) is 18.2 Å². The molecule has 0 aliphatic carbocycles. The summed E-state index contributed by atoms with van der Waals surface area (Å²) in [6, 6.07) is 4.83. The largest absolute Gasteiger partial charge is 0.454 e. The smallest absolute Gasteiger partial charge is 0.231 e. The Morgan fingerprint density at radius 3 is 2.57 bits per heavy atom. The molecular formula is C9H7NO4. The van der Waals surface area contributed by atoms with E-state index in [9.17, 15) is 9.59 Å².